The van der Waals surface area contributed by atoms with Crippen molar-refractivity contribution in [3.63, 3.8) is 0 Å². The molecule has 1 N–H and O–H groups in total. The standard InChI is InChI=1S/C30H28F3N3O5.C2H6.Na/c1-17-18(15-34-20-7-9-22-19(12-28(37)38)16-40-27(22)13-20)4-2-5-24(17)36-25-10-8-21(41-30(31,32)33)14-23(25)35-29(36)26-6-3-11-39-26;1-2;/h2,4-5,7-10,13-14,19,26,34H,3,6,11-12,15-16H2,1H3,(H,37,38);1-2H3;/q;;+1/p-1. The Morgan fingerprint density at radius 2 is 1.95 bits per heavy atom. The van der Waals surface area contributed by atoms with Crippen LogP contribution in [0.25, 0.3) is 16.7 Å². The number of aliphatic carboxylic acids is 1. The molecular weight excluding hydrogens is 586 g/mol. The molecule has 1 saturated heterocycles. The van der Waals surface area contributed by atoms with Gasteiger partial charge in [0.05, 0.1) is 23.3 Å². The molecule has 2 unspecified atom stereocenters. The first-order valence-electron chi connectivity index (χ1n) is 14.4. The fraction of sp³-hybridized carbons (Fsp3) is 0.375. The van der Waals surface area contributed by atoms with E-state index >= 15 is 0 Å². The molecule has 44 heavy (non-hydrogen) atoms. The third kappa shape index (κ3) is 7.34. The third-order valence-electron chi connectivity index (χ3n) is 7.55. The zero-order chi connectivity index (χ0) is 30.7. The quantitative estimate of drug-likeness (QED) is 0.302. The minimum atomic E-state index is -4.80. The second-order valence-electron chi connectivity index (χ2n) is 10.3. The van der Waals surface area contributed by atoms with Crippen LogP contribution in [0.4, 0.5) is 18.9 Å². The van der Waals surface area contributed by atoms with Gasteiger partial charge in [-0.05, 0) is 61.6 Å². The fourth-order valence-electron chi connectivity index (χ4n) is 5.58. The summed E-state index contributed by atoms with van der Waals surface area (Å²) in [4.78, 5) is 15.7. The summed E-state index contributed by atoms with van der Waals surface area (Å²) >= 11 is 0. The van der Waals surface area contributed by atoms with Crippen molar-refractivity contribution in [3.05, 3.63) is 77.1 Å². The van der Waals surface area contributed by atoms with Crippen LogP contribution in [0.3, 0.4) is 0 Å². The molecule has 0 saturated carbocycles. The first kappa shape index (κ1) is 33.6. The van der Waals surface area contributed by atoms with Gasteiger partial charge in [0.1, 0.15) is 23.4 Å². The van der Waals surface area contributed by atoms with Crippen LogP contribution in [0, 0.1) is 6.92 Å². The van der Waals surface area contributed by atoms with Gasteiger partial charge >= 0.3 is 35.9 Å². The molecule has 4 aromatic rings. The molecule has 2 aliphatic rings. The molecule has 2 aliphatic heterocycles. The number of rotatable bonds is 8. The second-order valence-corrected chi connectivity index (χ2v) is 10.3. The van der Waals surface area contributed by atoms with Crippen molar-refractivity contribution in [1.29, 1.82) is 0 Å². The summed E-state index contributed by atoms with van der Waals surface area (Å²) in [5, 5.41) is 14.4. The van der Waals surface area contributed by atoms with E-state index in [-0.39, 0.29) is 53.7 Å². The van der Waals surface area contributed by atoms with Gasteiger partial charge < -0.3 is 29.4 Å². The molecule has 3 heterocycles. The van der Waals surface area contributed by atoms with Gasteiger partial charge in [-0.3, -0.25) is 4.57 Å². The summed E-state index contributed by atoms with van der Waals surface area (Å²) in [7, 11) is 0. The van der Waals surface area contributed by atoms with E-state index in [1.54, 1.807) is 6.07 Å². The van der Waals surface area contributed by atoms with Crippen molar-refractivity contribution in [2.45, 2.75) is 65.0 Å². The number of alkyl halides is 3. The molecule has 0 radical (unpaired) electrons. The van der Waals surface area contributed by atoms with E-state index in [0.717, 1.165) is 40.9 Å². The van der Waals surface area contributed by atoms with E-state index in [1.807, 2.05) is 61.7 Å². The molecule has 1 fully saturated rings. The molecule has 6 rings (SSSR count). The zero-order valence-electron chi connectivity index (χ0n) is 25.2. The van der Waals surface area contributed by atoms with Gasteiger partial charge in [-0.15, -0.1) is 13.2 Å². The van der Waals surface area contributed by atoms with Gasteiger partial charge in [0, 0.05) is 48.4 Å². The average molecular weight is 620 g/mol. The molecule has 8 nitrogen and oxygen atoms in total. The Morgan fingerprint density at radius 3 is 2.66 bits per heavy atom. The Balaban J connectivity index is 0.00000144. The number of nitrogens with one attached hydrogen (secondary N) is 1. The monoisotopic (exact) mass is 619 g/mol. The van der Waals surface area contributed by atoms with Gasteiger partial charge in [0.2, 0.25) is 0 Å². The maximum Gasteiger partial charge on any atom is 1.00 e. The number of carbonyl (C=O) groups excluding carboxylic acids is 1. The number of anilines is 1. The van der Waals surface area contributed by atoms with Crippen molar-refractivity contribution in [1.82, 2.24) is 9.55 Å². The Labute approximate surface area is 275 Å². The van der Waals surface area contributed by atoms with E-state index in [4.69, 9.17) is 14.5 Å². The van der Waals surface area contributed by atoms with Crippen LogP contribution in [0.2, 0.25) is 0 Å². The van der Waals surface area contributed by atoms with Crippen molar-refractivity contribution in [2.24, 2.45) is 0 Å². The molecule has 0 aliphatic carbocycles. The molecule has 3 aromatic carbocycles. The maximum atomic E-state index is 12.9. The van der Waals surface area contributed by atoms with Crippen molar-refractivity contribution in [2.75, 3.05) is 18.5 Å². The first-order valence-corrected chi connectivity index (χ1v) is 14.4. The van der Waals surface area contributed by atoms with Crippen LogP contribution in [0.1, 0.15) is 67.6 Å². The SMILES string of the molecule is CC.Cc1c(CNc2ccc3c(c2)OCC3CC(=O)[O-])cccc1-n1c(C2CCCO2)nc2cc(OC(F)(F)F)ccc21.[Na+]. The summed E-state index contributed by atoms with van der Waals surface area (Å²) < 4.78 is 56.3. The smallest absolute Gasteiger partial charge is 0.550 e. The predicted octanol–water partition coefficient (Wildman–Crippen LogP) is 3.34. The minimum Gasteiger partial charge on any atom is -0.550 e. The van der Waals surface area contributed by atoms with Crippen LogP contribution >= 0.6 is 0 Å². The van der Waals surface area contributed by atoms with Gasteiger partial charge in [0.15, 0.2) is 0 Å². The Morgan fingerprint density at radius 1 is 1.16 bits per heavy atom. The average Bonchev–Trinajstić information content (AvgIpc) is 3.71. The van der Waals surface area contributed by atoms with Crippen LogP contribution < -0.4 is 49.5 Å². The van der Waals surface area contributed by atoms with Crippen LogP contribution in [-0.4, -0.2) is 35.1 Å². The predicted molar refractivity (Wildman–Crippen MR) is 153 cm³/mol. The number of nitrogens with zero attached hydrogens (tertiary/aromatic N) is 2. The Hall–Kier alpha value is -3.25. The number of hydrogen-bond donors (Lipinski definition) is 1. The topological polar surface area (TPSA) is 97.7 Å². The van der Waals surface area contributed by atoms with Gasteiger partial charge in [-0.2, -0.15) is 0 Å². The summed E-state index contributed by atoms with van der Waals surface area (Å²) in [6.45, 7) is 7.39. The number of hydrogen-bond acceptors (Lipinski definition) is 7. The normalized spacial score (nSPS) is 17.2. The molecular formula is C32H33F3N3NaO5. The van der Waals surface area contributed by atoms with E-state index in [0.29, 0.717) is 42.4 Å². The Bertz CT molecular complexity index is 1620. The summed E-state index contributed by atoms with van der Waals surface area (Å²) in [6, 6.07) is 15.7. The van der Waals surface area contributed by atoms with E-state index in [9.17, 15) is 23.1 Å². The summed E-state index contributed by atoms with van der Waals surface area (Å²) in [5.41, 5.74) is 5.56. The maximum absolute atomic E-state index is 12.9. The van der Waals surface area contributed by atoms with Gasteiger partial charge in [-0.25, -0.2) is 4.98 Å². The number of ether oxygens (including phenoxy) is 3. The molecule has 1 aromatic heterocycles. The summed E-state index contributed by atoms with van der Waals surface area (Å²) in [5.74, 6) is -0.356. The largest absolute Gasteiger partial charge is 1.00 e. The van der Waals surface area contributed by atoms with E-state index in [2.05, 4.69) is 10.1 Å². The van der Waals surface area contributed by atoms with Crippen LogP contribution in [-0.2, 0) is 16.1 Å². The molecule has 0 spiro atoms. The summed E-state index contributed by atoms with van der Waals surface area (Å²) in [6.07, 6.45) is -3.52. The number of aromatic nitrogens is 2. The van der Waals surface area contributed by atoms with Gasteiger partial charge in [-0.1, -0.05) is 32.0 Å². The van der Waals surface area contributed by atoms with Crippen molar-refractivity contribution in [3.8, 4) is 17.2 Å². The van der Waals surface area contributed by atoms with Crippen molar-refractivity contribution < 1.29 is 66.8 Å². The molecule has 2 atom stereocenters. The molecule has 0 bridgehead atoms. The zero-order valence-corrected chi connectivity index (χ0v) is 27.2. The number of carboxylic acid groups (broad SMARTS) is 1. The Kier molecular flexibility index (Phi) is 10.9. The van der Waals surface area contributed by atoms with Crippen LogP contribution in [0.5, 0.6) is 11.5 Å². The molecule has 12 heteroatoms. The molecule has 228 valence electrons. The van der Waals surface area contributed by atoms with Gasteiger partial charge in [0.25, 0.3) is 0 Å². The second kappa shape index (κ2) is 14.2. The van der Waals surface area contributed by atoms with E-state index in [1.165, 1.54) is 12.1 Å². The number of imidazole rings is 1. The molecule has 0 amide bonds. The van der Waals surface area contributed by atoms with Crippen molar-refractivity contribution >= 4 is 22.7 Å². The number of carboxylic acids is 1. The number of fused-ring (bicyclic) bond motifs is 2. The minimum absolute atomic E-state index is 0. The third-order valence-corrected chi connectivity index (χ3v) is 7.55. The first-order chi connectivity index (χ1) is 20.7. The number of carbonyl (C=O) groups is 1. The fourth-order valence-corrected chi connectivity index (χ4v) is 5.58. The van der Waals surface area contributed by atoms with E-state index < -0.39 is 12.3 Å². The number of halogens is 3. The number of benzene rings is 3. The van der Waals surface area contributed by atoms with Crippen LogP contribution in [0.15, 0.2) is 54.6 Å².